The molecule has 2 rings (SSSR count). The highest BCUT2D eigenvalue weighted by Crippen LogP contribution is 2.10. The van der Waals surface area contributed by atoms with Crippen molar-refractivity contribution in [2.45, 2.75) is 12.2 Å². The van der Waals surface area contributed by atoms with E-state index in [2.05, 4.69) is 10.2 Å². The summed E-state index contributed by atoms with van der Waals surface area (Å²) < 4.78 is 4.93. The van der Waals surface area contributed by atoms with Gasteiger partial charge in [0.25, 0.3) is 0 Å². The van der Waals surface area contributed by atoms with Gasteiger partial charge in [0.1, 0.15) is 6.10 Å². The topological polar surface area (TPSA) is 61.8 Å². The van der Waals surface area contributed by atoms with Crippen molar-refractivity contribution >= 4 is 6.09 Å². The van der Waals surface area contributed by atoms with Crippen LogP contribution in [0.15, 0.2) is 0 Å². The Bertz CT molecular complexity index is 191. The van der Waals surface area contributed by atoms with Crippen LogP contribution in [0, 0.1) is 0 Å². The molecule has 0 aromatic rings. The van der Waals surface area contributed by atoms with Gasteiger partial charge in [-0.25, -0.2) is 4.79 Å². The van der Waals surface area contributed by atoms with Crippen molar-refractivity contribution in [2.75, 3.05) is 26.2 Å². The summed E-state index contributed by atoms with van der Waals surface area (Å²) in [5.41, 5.74) is 0. The van der Waals surface area contributed by atoms with E-state index in [9.17, 15) is 4.79 Å². The lowest BCUT2D eigenvalue weighted by atomic mass is 10.1. The summed E-state index contributed by atoms with van der Waals surface area (Å²) >= 11 is 0. The molecule has 68 valence electrons. The Morgan fingerprint density at radius 1 is 1.67 bits per heavy atom. The number of carbonyl (C=O) groups excluding carboxylic acids is 1. The summed E-state index contributed by atoms with van der Waals surface area (Å²) in [6.45, 7) is 2.73. The van der Waals surface area contributed by atoms with Gasteiger partial charge in [-0.05, 0) is 0 Å². The van der Waals surface area contributed by atoms with E-state index >= 15 is 0 Å². The zero-order chi connectivity index (χ0) is 8.55. The van der Waals surface area contributed by atoms with E-state index in [0.717, 1.165) is 6.54 Å². The van der Waals surface area contributed by atoms with Gasteiger partial charge in [-0.3, -0.25) is 4.90 Å². The van der Waals surface area contributed by atoms with E-state index in [1.165, 1.54) is 0 Å². The minimum Gasteiger partial charge on any atom is -0.443 e. The van der Waals surface area contributed by atoms with Gasteiger partial charge in [0.15, 0.2) is 0 Å². The van der Waals surface area contributed by atoms with Crippen molar-refractivity contribution in [3.8, 4) is 0 Å². The Morgan fingerprint density at radius 3 is 2.92 bits per heavy atom. The third kappa shape index (κ3) is 1.51. The predicted molar refractivity (Wildman–Crippen MR) is 40.7 cm³/mol. The van der Waals surface area contributed by atoms with Gasteiger partial charge < -0.3 is 15.2 Å². The maximum Gasteiger partial charge on any atom is 0.407 e. The maximum absolute atomic E-state index is 10.6. The zero-order valence-electron chi connectivity index (χ0n) is 6.69. The van der Waals surface area contributed by atoms with E-state index in [0.29, 0.717) is 19.6 Å². The quantitative estimate of drug-likeness (QED) is 0.547. The van der Waals surface area contributed by atoms with Gasteiger partial charge >= 0.3 is 6.09 Å². The Kier molecular flexibility index (Phi) is 1.90. The number of β-amino-alcohol motifs (C(OH)–C–C–N with tert-alkyl or cyclic N) is 1. The van der Waals surface area contributed by atoms with Crippen LogP contribution >= 0.6 is 0 Å². The first kappa shape index (κ1) is 7.82. The number of amides is 1. The molecule has 5 nitrogen and oxygen atoms in total. The second-order valence-corrected chi connectivity index (χ2v) is 3.28. The van der Waals surface area contributed by atoms with Crippen molar-refractivity contribution in [1.29, 1.82) is 0 Å². The monoisotopic (exact) mass is 172 g/mol. The molecule has 0 radical (unpaired) electrons. The standard InChI is InChI=1S/C7H12N2O3/c10-5-2-9(3-5)4-6-1-8-7(11)12-6/h5-6,10H,1-4H2,(H,8,11)/t6-/m0/s1. The molecule has 2 saturated heterocycles. The SMILES string of the molecule is O=C1NC[C@@H](CN2CC(O)C2)O1. The lowest BCUT2D eigenvalue weighted by Gasteiger charge is -2.36. The predicted octanol–water partition coefficient (Wildman–Crippen LogP) is -1.23. The average Bonchev–Trinajstić information content (AvgIpc) is 2.33. The van der Waals surface area contributed by atoms with Crippen molar-refractivity contribution in [2.24, 2.45) is 0 Å². The molecule has 2 fully saturated rings. The fourth-order valence-corrected chi connectivity index (χ4v) is 1.51. The van der Waals surface area contributed by atoms with E-state index < -0.39 is 0 Å². The third-order valence-electron chi connectivity index (χ3n) is 2.15. The van der Waals surface area contributed by atoms with E-state index in [4.69, 9.17) is 9.84 Å². The highest BCUT2D eigenvalue weighted by atomic mass is 16.6. The van der Waals surface area contributed by atoms with Crippen LogP contribution in [0.2, 0.25) is 0 Å². The molecule has 2 heterocycles. The molecule has 0 aliphatic carbocycles. The molecule has 0 unspecified atom stereocenters. The molecule has 1 atom stereocenters. The van der Waals surface area contributed by atoms with Crippen LogP contribution in [0.5, 0.6) is 0 Å². The number of aliphatic hydroxyl groups excluding tert-OH is 1. The summed E-state index contributed by atoms with van der Waals surface area (Å²) in [6.07, 6.45) is -0.555. The Morgan fingerprint density at radius 2 is 2.42 bits per heavy atom. The fraction of sp³-hybridized carbons (Fsp3) is 0.857. The number of carbonyl (C=O) groups is 1. The van der Waals surface area contributed by atoms with Crippen LogP contribution < -0.4 is 5.32 Å². The summed E-state index contributed by atoms with van der Waals surface area (Å²) in [7, 11) is 0. The molecule has 2 aliphatic rings. The van der Waals surface area contributed by atoms with Gasteiger partial charge in [0.05, 0.1) is 12.6 Å². The van der Waals surface area contributed by atoms with Crippen LogP contribution in [0.4, 0.5) is 4.79 Å². The minimum absolute atomic E-state index is 0.0370. The number of aliphatic hydroxyl groups is 1. The van der Waals surface area contributed by atoms with Crippen molar-refractivity contribution in [3.05, 3.63) is 0 Å². The lowest BCUT2D eigenvalue weighted by Crippen LogP contribution is -2.53. The van der Waals surface area contributed by atoms with E-state index in [1.807, 2.05) is 0 Å². The highest BCUT2D eigenvalue weighted by Gasteiger charge is 2.30. The second kappa shape index (κ2) is 2.91. The molecule has 0 bridgehead atoms. The summed E-state index contributed by atoms with van der Waals surface area (Å²) in [4.78, 5) is 12.7. The van der Waals surface area contributed by atoms with Crippen LogP contribution in [0.1, 0.15) is 0 Å². The Hall–Kier alpha value is -0.810. The van der Waals surface area contributed by atoms with Crippen molar-refractivity contribution < 1.29 is 14.6 Å². The molecule has 2 aliphatic heterocycles. The van der Waals surface area contributed by atoms with Crippen LogP contribution in [0.25, 0.3) is 0 Å². The molecule has 2 N–H and O–H groups in total. The molecule has 0 saturated carbocycles. The average molecular weight is 172 g/mol. The minimum atomic E-state index is -0.332. The number of alkyl carbamates (subject to hydrolysis) is 1. The van der Waals surface area contributed by atoms with Crippen LogP contribution in [-0.2, 0) is 4.74 Å². The van der Waals surface area contributed by atoms with Gasteiger partial charge in [-0.1, -0.05) is 0 Å². The molecular formula is C7H12N2O3. The van der Waals surface area contributed by atoms with E-state index in [-0.39, 0.29) is 18.3 Å². The van der Waals surface area contributed by atoms with Gasteiger partial charge in [-0.15, -0.1) is 0 Å². The number of likely N-dealkylation sites (tertiary alicyclic amines) is 1. The molecule has 0 aromatic heterocycles. The van der Waals surface area contributed by atoms with Gasteiger partial charge in [0, 0.05) is 19.6 Å². The Labute approximate surface area is 70.3 Å². The summed E-state index contributed by atoms with van der Waals surface area (Å²) in [5.74, 6) is 0. The zero-order valence-corrected chi connectivity index (χ0v) is 6.69. The molecule has 12 heavy (non-hydrogen) atoms. The largest absolute Gasteiger partial charge is 0.443 e. The molecule has 0 spiro atoms. The number of rotatable bonds is 2. The van der Waals surface area contributed by atoms with Crippen molar-refractivity contribution in [3.63, 3.8) is 0 Å². The smallest absolute Gasteiger partial charge is 0.407 e. The summed E-state index contributed by atoms with van der Waals surface area (Å²) in [5, 5.41) is 11.6. The number of hydrogen-bond donors (Lipinski definition) is 2. The van der Waals surface area contributed by atoms with E-state index in [1.54, 1.807) is 0 Å². The molecular weight excluding hydrogens is 160 g/mol. The molecule has 5 heteroatoms. The normalized spacial score (nSPS) is 31.1. The number of nitrogens with one attached hydrogen (secondary N) is 1. The number of ether oxygens (including phenoxy) is 1. The lowest BCUT2D eigenvalue weighted by molar-refractivity contribution is -0.0171. The van der Waals surface area contributed by atoms with Gasteiger partial charge in [-0.2, -0.15) is 0 Å². The van der Waals surface area contributed by atoms with Crippen molar-refractivity contribution in [1.82, 2.24) is 10.2 Å². The van der Waals surface area contributed by atoms with Crippen LogP contribution in [-0.4, -0.2) is 54.5 Å². The second-order valence-electron chi connectivity index (χ2n) is 3.28. The summed E-state index contributed by atoms with van der Waals surface area (Å²) in [6, 6.07) is 0. The van der Waals surface area contributed by atoms with Gasteiger partial charge in [0.2, 0.25) is 0 Å². The number of cyclic esters (lactones) is 1. The Balaban J connectivity index is 1.70. The maximum atomic E-state index is 10.6. The molecule has 1 amide bonds. The first-order valence-electron chi connectivity index (χ1n) is 4.09. The highest BCUT2D eigenvalue weighted by molar-refractivity contribution is 5.69. The number of hydrogen-bond acceptors (Lipinski definition) is 4. The van der Waals surface area contributed by atoms with Crippen LogP contribution in [0.3, 0.4) is 0 Å². The molecule has 0 aromatic carbocycles. The fourth-order valence-electron chi connectivity index (χ4n) is 1.51. The first-order chi connectivity index (χ1) is 5.74. The first-order valence-corrected chi connectivity index (χ1v) is 4.09. The third-order valence-corrected chi connectivity index (χ3v) is 2.15. The number of nitrogens with zero attached hydrogens (tertiary/aromatic N) is 1.